The molecule has 0 aromatic rings. The van der Waals surface area contributed by atoms with Crippen molar-refractivity contribution in [2.45, 2.75) is 25.0 Å². The molecule has 0 aliphatic heterocycles. The van der Waals surface area contributed by atoms with Crippen molar-refractivity contribution >= 4 is 5.97 Å². The van der Waals surface area contributed by atoms with E-state index in [4.69, 9.17) is 25.2 Å². The van der Waals surface area contributed by atoms with Gasteiger partial charge < -0.3 is 25.2 Å². The third-order valence-corrected chi connectivity index (χ3v) is 1.60. The third kappa shape index (κ3) is 5.87. The van der Waals surface area contributed by atoms with Crippen LogP contribution in [0.25, 0.3) is 0 Å². The highest BCUT2D eigenvalue weighted by Crippen LogP contribution is 2.03. The van der Waals surface area contributed by atoms with Crippen LogP contribution in [0.2, 0.25) is 0 Å². The zero-order chi connectivity index (χ0) is 11.0. The molecule has 0 spiro atoms. The number of hydrogen-bond acceptors (Lipinski definition) is 5. The number of aliphatic carboxylic acids is 1. The van der Waals surface area contributed by atoms with Gasteiger partial charge in [-0.3, -0.25) is 0 Å². The second-order valence-electron chi connectivity index (χ2n) is 2.86. The zero-order valence-corrected chi connectivity index (χ0v) is 7.80. The smallest absolute Gasteiger partial charge is 0.332 e. The molecule has 6 nitrogen and oxygen atoms in total. The van der Waals surface area contributed by atoms with Crippen molar-refractivity contribution in [1.29, 1.82) is 0 Å². The quantitative estimate of drug-likeness (QED) is 0.390. The Kier molecular flexibility index (Phi) is 7.31. The summed E-state index contributed by atoms with van der Waals surface area (Å²) in [4.78, 5) is 10.6. The van der Waals surface area contributed by atoms with Crippen molar-refractivity contribution in [2.75, 3.05) is 19.8 Å². The van der Waals surface area contributed by atoms with Crippen LogP contribution in [0.3, 0.4) is 0 Å². The molecule has 0 heterocycles. The molecule has 6 heteroatoms. The summed E-state index contributed by atoms with van der Waals surface area (Å²) in [5.74, 6) is -1.14. The van der Waals surface area contributed by atoms with E-state index in [0.29, 0.717) is 6.42 Å². The number of ether oxygens (including phenoxy) is 1. The monoisotopic (exact) mass is 208 g/mol. The first kappa shape index (κ1) is 13.3. The Hall–Kier alpha value is -0.690. The molecule has 0 aliphatic rings. The van der Waals surface area contributed by atoms with Gasteiger partial charge in [0.25, 0.3) is 0 Å². The molecule has 2 unspecified atom stereocenters. The molecule has 0 saturated carbocycles. The van der Waals surface area contributed by atoms with Crippen LogP contribution < -0.4 is 0 Å². The zero-order valence-electron chi connectivity index (χ0n) is 7.80. The molecule has 0 rings (SSSR count). The van der Waals surface area contributed by atoms with Crippen molar-refractivity contribution in [1.82, 2.24) is 0 Å². The number of carbonyl (C=O) groups is 1. The molecular formula is C8H16O6. The number of carboxylic acid groups (broad SMARTS) is 1. The lowest BCUT2D eigenvalue weighted by molar-refractivity contribution is -0.153. The standard InChI is InChI=1S/C8H16O6/c9-3-1-2-7(8(12)13)14-5-6(11)4-10/h6-7,9-11H,1-5H2,(H,12,13). The van der Waals surface area contributed by atoms with Crippen LogP contribution in [-0.4, -0.2) is 58.4 Å². The van der Waals surface area contributed by atoms with Crippen molar-refractivity contribution < 1.29 is 30.0 Å². The van der Waals surface area contributed by atoms with Gasteiger partial charge in [0.1, 0.15) is 6.10 Å². The maximum absolute atomic E-state index is 10.6. The lowest BCUT2D eigenvalue weighted by Crippen LogP contribution is -2.29. The van der Waals surface area contributed by atoms with E-state index in [-0.39, 0.29) is 19.6 Å². The largest absolute Gasteiger partial charge is 0.479 e. The number of rotatable bonds is 8. The summed E-state index contributed by atoms with van der Waals surface area (Å²) in [5.41, 5.74) is 0. The van der Waals surface area contributed by atoms with E-state index in [2.05, 4.69) is 0 Å². The van der Waals surface area contributed by atoms with Gasteiger partial charge in [0.2, 0.25) is 0 Å². The minimum absolute atomic E-state index is 0.101. The predicted molar refractivity (Wildman–Crippen MR) is 46.8 cm³/mol. The maximum Gasteiger partial charge on any atom is 0.332 e. The Morgan fingerprint density at radius 2 is 2.00 bits per heavy atom. The summed E-state index contributed by atoms with van der Waals surface area (Å²) in [7, 11) is 0. The van der Waals surface area contributed by atoms with Gasteiger partial charge in [0, 0.05) is 6.61 Å². The van der Waals surface area contributed by atoms with Crippen LogP contribution in [0.4, 0.5) is 0 Å². The van der Waals surface area contributed by atoms with Crippen LogP contribution in [0.5, 0.6) is 0 Å². The molecule has 0 saturated heterocycles. The van der Waals surface area contributed by atoms with E-state index in [1.165, 1.54) is 0 Å². The topological polar surface area (TPSA) is 107 Å². The second kappa shape index (κ2) is 7.69. The number of aliphatic hydroxyl groups is 3. The molecule has 0 radical (unpaired) electrons. The summed E-state index contributed by atoms with van der Waals surface area (Å²) < 4.78 is 4.84. The highest BCUT2D eigenvalue weighted by Gasteiger charge is 2.18. The van der Waals surface area contributed by atoms with Crippen molar-refractivity contribution in [3.63, 3.8) is 0 Å². The SMILES string of the molecule is O=C(O)C(CCCO)OCC(O)CO. The number of hydrogen-bond donors (Lipinski definition) is 4. The molecule has 14 heavy (non-hydrogen) atoms. The van der Waals surface area contributed by atoms with Gasteiger partial charge in [-0.2, -0.15) is 0 Å². The molecule has 0 aromatic carbocycles. The summed E-state index contributed by atoms with van der Waals surface area (Å²) in [6.07, 6.45) is -1.59. The fraction of sp³-hybridized carbons (Fsp3) is 0.875. The van der Waals surface area contributed by atoms with E-state index < -0.39 is 24.8 Å². The van der Waals surface area contributed by atoms with Gasteiger partial charge in [-0.05, 0) is 12.8 Å². The molecular weight excluding hydrogens is 192 g/mol. The molecule has 0 bridgehead atoms. The average molecular weight is 208 g/mol. The van der Waals surface area contributed by atoms with Gasteiger partial charge in [0.05, 0.1) is 13.2 Å². The molecule has 2 atom stereocenters. The van der Waals surface area contributed by atoms with Gasteiger partial charge >= 0.3 is 5.97 Å². The molecule has 0 amide bonds. The Bertz CT molecular complexity index is 160. The van der Waals surface area contributed by atoms with Crippen molar-refractivity contribution in [2.24, 2.45) is 0 Å². The van der Waals surface area contributed by atoms with E-state index in [9.17, 15) is 4.79 Å². The Labute approximate surface area is 81.7 Å². The van der Waals surface area contributed by atoms with E-state index in [1.807, 2.05) is 0 Å². The van der Waals surface area contributed by atoms with Crippen LogP contribution in [0.1, 0.15) is 12.8 Å². The Morgan fingerprint density at radius 3 is 2.43 bits per heavy atom. The highest BCUT2D eigenvalue weighted by atomic mass is 16.5. The fourth-order valence-corrected chi connectivity index (χ4v) is 0.835. The molecule has 4 N–H and O–H groups in total. The molecule has 0 aromatic heterocycles. The Morgan fingerprint density at radius 1 is 1.36 bits per heavy atom. The third-order valence-electron chi connectivity index (χ3n) is 1.60. The maximum atomic E-state index is 10.6. The predicted octanol–water partition coefficient (Wildman–Crippen LogP) is -1.42. The molecule has 84 valence electrons. The van der Waals surface area contributed by atoms with Crippen molar-refractivity contribution in [3.8, 4) is 0 Å². The molecule has 0 fully saturated rings. The molecule has 0 aliphatic carbocycles. The van der Waals surface area contributed by atoms with Gasteiger partial charge in [-0.25, -0.2) is 4.79 Å². The van der Waals surface area contributed by atoms with E-state index in [0.717, 1.165) is 0 Å². The van der Waals surface area contributed by atoms with Gasteiger partial charge in [0.15, 0.2) is 6.10 Å². The van der Waals surface area contributed by atoms with Gasteiger partial charge in [-0.1, -0.05) is 0 Å². The second-order valence-corrected chi connectivity index (χ2v) is 2.86. The summed E-state index contributed by atoms with van der Waals surface area (Å²) >= 11 is 0. The lowest BCUT2D eigenvalue weighted by atomic mass is 10.2. The first-order chi connectivity index (χ1) is 6.61. The minimum Gasteiger partial charge on any atom is -0.479 e. The summed E-state index contributed by atoms with van der Waals surface area (Å²) in [6, 6.07) is 0. The first-order valence-electron chi connectivity index (χ1n) is 4.36. The Balaban J connectivity index is 3.79. The van der Waals surface area contributed by atoms with E-state index >= 15 is 0 Å². The van der Waals surface area contributed by atoms with Crippen LogP contribution in [-0.2, 0) is 9.53 Å². The summed E-state index contributed by atoms with van der Waals surface area (Å²) in [5, 5.41) is 34.5. The normalized spacial score (nSPS) is 15.1. The van der Waals surface area contributed by atoms with Crippen LogP contribution in [0, 0.1) is 0 Å². The fourth-order valence-electron chi connectivity index (χ4n) is 0.835. The van der Waals surface area contributed by atoms with Crippen molar-refractivity contribution in [3.05, 3.63) is 0 Å². The number of carboxylic acids is 1. The average Bonchev–Trinajstić information content (AvgIpc) is 2.16. The number of aliphatic hydroxyl groups excluding tert-OH is 3. The van der Waals surface area contributed by atoms with E-state index in [1.54, 1.807) is 0 Å². The highest BCUT2D eigenvalue weighted by molar-refractivity contribution is 5.72. The van der Waals surface area contributed by atoms with Crippen LogP contribution in [0.15, 0.2) is 0 Å². The lowest BCUT2D eigenvalue weighted by Gasteiger charge is -2.14. The van der Waals surface area contributed by atoms with Crippen LogP contribution >= 0.6 is 0 Å². The van der Waals surface area contributed by atoms with Gasteiger partial charge in [-0.15, -0.1) is 0 Å². The minimum atomic E-state index is -1.14. The summed E-state index contributed by atoms with van der Waals surface area (Å²) in [6.45, 7) is -0.791. The first-order valence-corrected chi connectivity index (χ1v) is 4.36.